The number of rotatable bonds is 6. The summed E-state index contributed by atoms with van der Waals surface area (Å²) in [5, 5.41) is 15.8. The minimum atomic E-state index is -1.09. The first-order chi connectivity index (χ1) is 15.9. The second-order valence-corrected chi connectivity index (χ2v) is 8.11. The monoisotopic (exact) mass is 448 g/mol. The van der Waals surface area contributed by atoms with Crippen LogP contribution in [0.4, 0.5) is 10.1 Å². The molecule has 9 heteroatoms. The summed E-state index contributed by atoms with van der Waals surface area (Å²) in [7, 11) is 1.78. The molecule has 3 heterocycles. The quantitative estimate of drug-likeness (QED) is 0.501. The van der Waals surface area contributed by atoms with Crippen molar-refractivity contribution in [1.82, 2.24) is 14.9 Å². The number of carboxylic acid groups (broad SMARTS) is 1. The smallest absolute Gasteiger partial charge is 0.326 e. The second-order valence-electron chi connectivity index (χ2n) is 8.11. The molecule has 0 spiro atoms. The van der Waals surface area contributed by atoms with Gasteiger partial charge < -0.3 is 25.0 Å². The van der Waals surface area contributed by atoms with Gasteiger partial charge in [-0.1, -0.05) is 12.1 Å². The summed E-state index contributed by atoms with van der Waals surface area (Å²) in [6.45, 7) is 0.933. The first-order valence-electron chi connectivity index (χ1n) is 10.4. The predicted molar refractivity (Wildman–Crippen MR) is 118 cm³/mol. The lowest BCUT2D eigenvalue weighted by Gasteiger charge is -2.21. The number of halogens is 1. The van der Waals surface area contributed by atoms with E-state index in [0.29, 0.717) is 41.4 Å². The van der Waals surface area contributed by atoms with Crippen molar-refractivity contribution < 1.29 is 23.8 Å². The molecular formula is C24H21FN4O4. The summed E-state index contributed by atoms with van der Waals surface area (Å²) in [5.74, 6) is -2.01. The third-order valence-corrected chi connectivity index (χ3v) is 5.93. The van der Waals surface area contributed by atoms with Gasteiger partial charge in [0.2, 0.25) is 0 Å². The molecular weight excluding hydrogens is 427 g/mol. The van der Waals surface area contributed by atoms with Crippen molar-refractivity contribution in [2.45, 2.75) is 25.7 Å². The molecule has 0 bridgehead atoms. The number of benzene rings is 2. The SMILES string of the molecule is Cn1cncc1CC(NC(=C1C(=O)Nc2ccc(F)cc21)c1ccc2c(c1)COC2)C(=O)O. The predicted octanol–water partition coefficient (Wildman–Crippen LogP) is 2.70. The third-order valence-electron chi connectivity index (χ3n) is 5.93. The number of amides is 1. The van der Waals surface area contributed by atoms with Crippen LogP contribution in [0, 0.1) is 5.82 Å². The van der Waals surface area contributed by atoms with Crippen molar-refractivity contribution in [3.63, 3.8) is 0 Å². The molecule has 33 heavy (non-hydrogen) atoms. The molecule has 2 aliphatic heterocycles. The molecule has 0 aliphatic carbocycles. The molecule has 1 atom stereocenters. The first kappa shape index (κ1) is 20.9. The molecule has 0 fully saturated rings. The normalized spacial score (nSPS) is 16.7. The number of carboxylic acids is 1. The van der Waals surface area contributed by atoms with Crippen LogP contribution in [-0.4, -0.2) is 32.6 Å². The number of aryl methyl sites for hydroxylation is 1. The number of imidazole rings is 1. The molecule has 0 radical (unpaired) electrons. The fraction of sp³-hybridized carbons (Fsp3) is 0.208. The van der Waals surface area contributed by atoms with Gasteiger partial charge in [0.05, 0.1) is 30.8 Å². The van der Waals surface area contributed by atoms with Crippen molar-refractivity contribution in [3.8, 4) is 0 Å². The molecule has 1 amide bonds. The summed E-state index contributed by atoms with van der Waals surface area (Å²) < 4.78 is 21.3. The van der Waals surface area contributed by atoms with E-state index < -0.39 is 23.7 Å². The van der Waals surface area contributed by atoms with Crippen LogP contribution in [0.15, 0.2) is 48.9 Å². The maximum atomic E-state index is 14.1. The molecule has 0 saturated carbocycles. The molecule has 0 saturated heterocycles. The summed E-state index contributed by atoms with van der Waals surface area (Å²) in [6.07, 6.45) is 3.33. The van der Waals surface area contributed by atoms with Crippen LogP contribution >= 0.6 is 0 Å². The molecule has 2 aromatic carbocycles. The van der Waals surface area contributed by atoms with Gasteiger partial charge in [0.15, 0.2) is 0 Å². The standard InChI is InChI=1S/C24H21FN4O4/c1-29-12-26-9-17(29)8-20(24(31)32)27-22(13-2-3-14-10-33-11-15(14)6-13)21-18-7-16(25)4-5-19(18)28-23(21)30/h2-7,9,12,20,27H,8,10-11H2,1H3,(H,28,30)(H,31,32). The Morgan fingerprint density at radius 1 is 1.27 bits per heavy atom. The molecule has 2 aliphatic rings. The van der Waals surface area contributed by atoms with Crippen LogP contribution in [-0.2, 0) is 41.0 Å². The van der Waals surface area contributed by atoms with Crippen molar-refractivity contribution in [1.29, 1.82) is 0 Å². The van der Waals surface area contributed by atoms with Crippen LogP contribution in [0.5, 0.6) is 0 Å². The van der Waals surface area contributed by atoms with Gasteiger partial charge in [0, 0.05) is 36.6 Å². The lowest BCUT2D eigenvalue weighted by atomic mass is 9.96. The van der Waals surface area contributed by atoms with Gasteiger partial charge in [-0.2, -0.15) is 0 Å². The van der Waals surface area contributed by atoms with E-state index in [9.17, 15) is 19.1 Å². The number of hydrogen-bond acceptors (Lipinski definition) is 5. The molecule has 1 unspecified atom stereocenters. The topological polar surface area (TPSA) is 105 Å². The Kier molecular flexibility index (Phi) is 5.18. The van der Waals surface area contributed by atoms with E-state index in [0.717, 1.165) is 11.1 Å². The number of aliphatic carboxylic acids is 1. The molecule has 1 aromatic heterocycles. The lowest BCUT2D eigenvalue weighted by Crippen LogP contribution is -2.38. The molecule has 3 N–H and O–H groups in total. The molecule has 8 nitrogen and oxygen atoms in total. The van der Waals surface area contributed by atoms with E-state index in [-0.39, 0.29) is 12.0 Å². The number of nitrogens with one attached hydrogen (secondary N) is 2. The summed E-state index contributed by atoms with van der Waals surface area (Å²) in [4.78, 5) is 29.2. The van der Waals surface area contributed by atoms with Crippen LogP contribution in [0.25, 0.3) is 11.3 Å². The lowest BCUT2D eigenvalue weighted by molar-refractivity contribution is -0.139. The van der Waals surface area contributed by atoms with Crippen LogP contribution in [0.1, 0.15) is 27.9 Å². The number of carbonyl (C=O) groups is 2. The Morgan fingerprint density at radius 3 is 2.85 bits per heavy atom. The fourth-order valence-corrected chi connectivity index (χ4v) is 4.18. The number of aromatic nitrogens is 2. The third kappa shape index (κ3) is 3.87. The van der Waals surface area contributed by atoms with Crippen LogP contribution < -0.4 is 10.6 Å². The molecule has 3 aromatic rings. The van der Waals surface area contributed by atoms with Gasteiger partial charge in [-0.05, 0) is 41.0 Å². The van der Waals surface area contributed by atoms with E-state index in [2.05, 4.69) is 15.6 Å². The van der Waals surface area contributed by atoms with Gasteiger partial charge in [-0.15, -0.1) is 0 Å². The van der Waals surface area contributed by atoms with E-state index in [1.807, 2.05) is 18.2 Å². The summed E-state index contributed by atoms with van der Waals surface area (Å²) in [5.41, 5.74) is 4.70. The van der Waals surface area contributed by atoms with E-state index in [4.69, 9.17) is 4.74 Å². The number of carbonyl (C=O) groups excluding carboxylic acids is 1. The fourth-order valence-electron chi connectivity index (χ4n) is 4.18. The van der Waals surface area contributed by atoms with Gasteiger partial charge in [-0.25, -0.2) is 14.2 Å². The highest BCUT2D eigenvalue weighted by molar-refractivity contribution is 6.36. The zero-order valence-corrected chi connectivity index (χ0v) is 17.8. The Bertz CT molecular complexity index is 1310. The Labute approximate surface area is 188 Å². The summed E-state index contributed by atoms with van der Waals surface area (Å²) >= 11 is 0. The van der Waals surface area contributed by atoms with Crippen LogP contribution in [0.2, 0.25) is 0 Å². The highest BCUT2D eigenvalue weighted by Crippen LogP contribution is 2.37. The Hall–Kier alpha value is -3.98. The molecule has 168 valence electrons. The van der Waals surface area contributed by atoms with Gasteiger partial charge in [0.1, 0.15) is 11.9 Å². The number of nitrogens with zero attached hydrogens (tertiary/aromatic N) is 2. The van der Waals surface area contributed by atoms with Crippen molar-refractivity contribution in [3.05, 3.63) is 82.7 Å². The Balaban J connectivity index is 1.64. The highest BCUT2D eigenvalue weighted by atomic mass is 19.1. The zero-order chi connectivity index (χ0) is 23.1. The second kappa shape index (κ2) is 8.18. The number of ether oxygens (including phenoxy) is 1. The summed E-state index contributed by atoms with van der Waals surface area (Å²) in [6, 6.07) is 8.58. The van der Waals surface area contributed by atoms with Crippen molar-refractivity contribution in [2.24, 2.45) is 7.05 Å². The van der Waals surface area contributed by atoms with Crippen LogP contribution in [0.3, 0.4) is 0 Å². The van der Waals surface area contributed by atoms with E-state index in [1.165, 1.54) is 18.2 Å². The minimum Gasteiger partial charge on any atom is -0.480 e. The maximum absolute atomic E-state index is 14.1. The number of anilines is 1. The average Bonchev–Trinajstić information content (AvgIpc) is 3.49. The van der Waals surface area contributed by atoms with E-state index in [1.54, 1.807) is 24.1 Å². The average molecular weight is 448 g/mol. The van der Waals surface area contributed by atoms with Crippen molar-refractivity contribution >= 4 is 28.8 Å². The highest BCUT2D eigenvalue weighted by Gasteiger charge is 2.31. The van der Waals surface area contributed by atoms with Gasteiger partial charge in [-0.3, -0.25) is 4.79 Å². The zero-order valence-electron chi connectivity index (χ0n) is 17.8. The van der Waals surface area contributed by atoms with Crippen molar-refractivity contribution in [2.75, 3.05) is 5.32 Å². The van der Waals surface area contributed by atoms with Gasteiger partial charge >= 0.3 is 5.97 Å². The number of fused-ring (bicyclic) bond motifs is 2. The number of hydrogen-bond donors (Lipinski definition) is 3. The minimum absolute atomic E-state index is 0.133. The van der Waals surface area contributed by atoms with E-state index >= 15 is 0 Å². The molecule has 5 rings (SSSR count). The van der Waals surface area contributed by atoms with Gasteiger partial charge in [0.25, 0.3) is 5.91 Å². The first-order valence-corrected chi connectivity index (χ1v) is 10.4. The largest absolute Gasteiger partial charge is 0.480 e. The maximum Gasteiger partial charge on any atom is 0.326 e. The Morgan fingerprint density at radius 2 is 2.09 bits per heavy atom.